The van der Waals surface area contributed by atoms with E-state index in [0.29, 0.717) is 5.56 Å². The first-order valence-corrected chi connectivity index (χ1v) is 6.14. The molecule has 0 atom stereocenters. The molecule has 1 aromatic rings. The predicted octanol–water partition coefficient (Wildman–Crippen LogP) is 2.11. The molecular formula is C7H6Cl2O3S. The van der Waals surface area contributed by atoms with E-state index < -0.39 is 9.05 Å². The van der Waals surface area contributed by atoms with Crippen LogP contribution in [-0.4, -0.2) is 13.5 Å². The zero-order valence-electron chi connectivity index (χ0n) is 6.37. The highest BCUT2D eigenvalue weighted by atomic mass is 35.7. The van der Waals surface area contributed by atoms with E-state index in [-0.39, 0.29) is 16.5 Å². The van der Waals surface area contributed by atoms with Crippen molar-refractivity contribution in [1.29, 1.82) is 0 Å². The van der Waals surface area contributed by atoms with E-state index in [9.17, 15) is 8.42 Å². The molecule has 0 aliphatic heterocycles. The quantitative estimate of drug-likeness (QED) is 0.807. The fraction of sp³-hybridized carbons (Fsp3) is 0.143. The van der Waals surface area contributed by atoms with Crippen LogP contribution < -0.4 is 0 Å². The minimum absolute atomic E-state index is 0.0858. The first-order valence-electron chi connectivity index (χ1n) is 3.28. The van der Waals surface area contributed by atoms with E-state index in [1.54, 1.807) is 0 Å². The predicted molar refractivity (Wildman–Crippen MR) is 51.6 cm³/mol. The Morgan fingerprint density at radius 3 is 2.46 bits per heavy atom. The zero-order chi connectivity index (χ0) is 10.1. The Morgan fingerprint density at radius 1 is 1.38 bits per heavy atom. The highest BCUT2D eigenvalue weighted by molar-refractivity contribution is 8.13. The summed E-state index contributed by atoms with van der Waals surface area (Å²) < 4.78 is 21.3. The summed E-state index contributed by atoms with van der Waals surface area (Å²) in [4.78, 5) is 0. The Bertz CT molecular complexity index is 414. The number of benzene rings is 1. The van der Waals surface area contributed by atoms with Crippen LogP contribution in [0.25, 0.3) is 0 Å². The molecule has 0 heterocycles. The van der Waals surface area contributed by atoms with Gasteiger partial charge in [0.1, 0.15) is 5.75 Å². The molecule has 0 fully saturated rings. The Morgan fingerprint density at radius 2 is 2.00 bits per heavy atom. The normalized spacial score (nSPS) is 11.5. The van der Waals surface area contributed by atoms with Crippen molar-refractivity contribution >= 4 is 31.3 Å². The number of hydrogen-bond donors (Lipinski definition) is 1. The molecule has 0 aromatic heterocycles. The Balaban J connectivity index is 2.99. The van der Waals surface area contributed by atoms with E-state index >= 15 is 0 Å². The van der Waals surface area contributed by atoms with Crippen LogP contribution >= 0.6 is 22.3 Å². The van der Waals surface area contributed by atoms with Gasteiger partial charge < -0.3 is 5.11 Å². The average molecular weight is 241 g/mol. The molecule has 0 radical (unpaired) electrons. The molecule has 1 rings (SSSR count). The van der Waals surface area contributed by atoms with Crippen molar-refractivity contribution in [2.75, 3.05) is 0 Å². The van der Waals surface area contributed by atoms with Gasteiger partial charge in [-0.15, -0.1) is 0 Å². The van der Waals surface area contributed by atoms with E-state index in [0.717, 1.165) is 0 Å². The Labute approximate surface area is 85.3 Å². The highest BCUT2D eigenvalue weighted by Crippen LogP contribution is 2.24. The minimum atomic E-state index is -3.57. The molecular weight excluding hydrogens is 235 g/mol. The van der Waals surface area contributed by atoms with Gasteiger partial charge in [-0.3, -0.25) is 0 Å². The van der Waals surface area contributed by atoms with Crippen LogP contribution in [0.1, 0.15) is 5.56 Å². The molecule has 3 nitrogen and oxygen atoms in total. The van der Waals surface area contributed by atoms with Crippen molar-refractivity contribution in [3.05, 3.63) is 28.8 Å². The number of phenolic OH excluding ortho intramolecular Hbond substituents is 1. The number of aromatic hydroxyl groups is 1. The van der Waals surface area contributed by atoms with E-state index in [2.05, 4.69) is 0 Å². The van der Waals surface area contributed by atoms with E-state index in [1.165, 1.54) is 18.2 Å². The van der Waals surface area contributed by atoms with E-state index in [4.69, 9.17) is 27.4 Å². The van der Waals surface area contributed by atoms with Gasteiger partial charge >= 0.3 is 0 Å². The zero-order valence-corrected chi connectivity index (χ0v) is 8.70. The summed E-state index contributed by atoms with van der Waals surface area (Å²) in [7, 11) is 1.45. The van der Waals surface area contributed by atoms with Crippen LogP contribution in [0.5, 0.6) is 5.75 Å². The van der Waals surface area contributed by atoms with Crippen LogP contribution in [0.4, 0.5) is 0 Å². The smallest absolute Gasteiger partial charge is 0.236 e. The summed E-state index contributed by atoms with van der Waals surface area (Å²) in [6.07, 6.45) is 0. The Kier molecular flexibility index (Phi) is 3.05. The van der Waals surface area contributed by atoms with Gasteiger partial charge in [0.05, 0.1) is 10.8 Å². The molecule has 72 valence electrons. The SMILES string of the molecule is O=S(=O)(Cl)Cc1ccc(O)c(Cl)c1. The fourth-order valence-corrected chi connectivity index (χ4v) is 2.00. The summed E-state index contributed by atoms with van der Waals surface area (Å²) in [6, 6.07) is 4.12. The van der Waals surface area contributed by atoms with Crippen LogP contribution in [0.15, 0.2) is 18.2 Å². The van der Waals surface area contributed by atoms with Crippen molar-refractivity contribution in [3.8, 4) is 5.75 Å². The lowest BCUT2D eigenvalue weighted by molar-refractivity contribution is 0.475. The number of halogens is 2. The van der Waals surface area contributed by atoms with Gasteiger partial charge in [0.2, 0.25) is 9.05 Å². The first-order chi connectivity index (χ1) is 5.88. The standard InChI is InChI=1S/C7H6Cl2O3S/c8-6-3-5(1-2-7(6)10)4-13(9,11)12/h1-3,10H,4H2. The summed E-state index contributed by atoms with van der Waals surface area (Å²) in [5, 5.41) is 9.14. The van der Waals surface area contributed by atoms with Crippen LogP contribution in [0.2, 0.25) is 5.02 Å². The van der Waals surface area contributed by atoms with E-state index in [1.807, 2.05) is 0 Å². The van der Waals surface area contributed by atoms with Gasteiger partial charge in [-0.2, -0.15) is 0 Å². The average Bonchev–Trinajstić information content (AvgIpc) is 1.94. The molecule has 6 heteroatoms. The van der Waals surface area contributed by atoms with Gasteiger partial charge in [-0.05, 0) is 17.7 Å². The van der Waals surface area contributed by atoms with Crippen molar-refractivity contribution in [2.24, 2.45) is 0 Å². The molecule has 1 aromatic carbocycles. The maximum Gasteiger partial charge on any atom is 0.236 e. The lowest BCUT2D eigenvalue weighted by atomic mass is 10.2. The lowest BCUT2D eigenvalue weighted by Crippen LogP contribution is -1.94. The second-order valence-corrected chi connectivity index (χ2v) is 5.65. The van der Waals surface area contributed by atoms with Crippen LogP contribution in [0, 0.1) is 0 Å². The topological polar surface area (TPSA) is 54.4 Å². The first kappa shape index (κ1) is 10.6. The van der Waals surface area contributed by atoms with Crippen molar-refractivity contribution in [3.63, 3.8) is 0 Å². The fourth-order valence-electron chi connectivity index (χ4n) is 0.839. The molecule has 0 saturated heterocycles. The maximum atomic E-state index is 10.7. The number of phenols is 1. The number of rotatable bonds is 2. The molecule has 0 bridgehead atoms. The third-order valence-electron chi connectivity index (χ3n) is 1.35. The molecule has 0 unspecified atom stereocenters. The van der Waals surface area contributed by atoms with Gasteiger partial charge in [0.15, 0.2) is 0 Å². The molecule has 0 amide bonds. The van der Waals surface area contributed by atoms with Gasteiger partial charge in [0, 0.05) is 10.7 Å². The van der Waals surface area contributed by atoms with Gasteiger partial charge in [-0.1, -0.05) is 17.7 Å². The summed E-state index contributed by atoms with van der Waals surface area (Å²) in [5.41, 5.74) is 0.442. The minimum Gasteiger partial charge on any atom is -0.506 e. The molecule has 13 heavy (non-hydrogen) atoms. The maximum absolute atomic E-state index is 10.7. The van der Waals surface area contributed by atoms with Crippen molar-refractivity contribution in [1.82, 2.24) is 0 Å². The second kappa shape index (κ2) is 3.74. The highest BCUT2D eigenvalue weighted by Gasteiger charge is 2.08. The van der Waals surface area contributed by atoms with Gasteiger partial charge in [-0.25, -0.2) is 8.42 Å². The monoisotopic (exact) mass is 240 g/mol. The molecule has 0 aliphatic rings. The molecule has 0 saturated carbocycles. The molecule has 0 spiro atoms. The third-order valence-corrected chi connectivity index (χ3v) is 2.66. The lowest BCUT2D eigenvalue weighted by Gasteiger charge is -2.00. The molecule has 0 aliphatic carbocycles. The third kappa shape index (κ3) is 3.42. The summed E-state index contributed by atoms with van der Waals surface area (Å²) in [5.74, 6) is -0.383. The Hall–Kier alpha value is -0.450. The molecule has 1 N–H and O–H groups in total. The second-order valence-electron chi connectivity index (χ2n) is 2.47. The van der Waals surface area contributed by atoms with Gasteiger partial charge in [0.25, 0.3) is 0 Å². The van der Waals surface area contributed by atoms with Crippen molar-refractivity contribution < 1.29 is 13.5 Å². The van der Waals surface area contributed by atoms with Crippen LogP contribution in [0.3, 0.4) is 0 Å². The van der Waals surface area contributed by atoms with Crippen LogP contribution in [-0.2, 0) is 14.8 Å². The van der Waals surface area contributed by atoms with Crippen molar-refractivity contribution in [2.45, 2.75) is 5.75 Å². The number of hydrogen-bond acceptors (Lipinski definition) is 3. The largest absolute Gasteiger partial charge is 0.506 e. The summed E-state index contributed by atoms with van der Waals surface area (Å²) in [6.45, 7) is 0. The summed E-state index contributed by atoms with van der Waals surface area (Å²) >= 11 is 5.55.